The van der Waals surface area contributed by atoms with E-state index in [0.29, 0.717) is 0 Å². The zero-order valence-corrected chi connectivity index (χ0v) is 8.79. The molecule has 0 unspecified atom stereocenters. The summed E-state index contributed by atoms with van der Waals surface area (Å²) in [6, 6.07) is 6.14. The highest BCUT2D eigenvalue weighted by Gasteiger charge is 2.19. The lowest BCUT2D eigenvalue weighted by Crippen LogP contribution is -2.11. The summed E-state index contributed by atoms with van der Waals surface area (Å²) < 4.78 is 0. The van der Waals surface area contributed by atoms with Gasteiger partial charge in [-0.05, 0) is 28.7 Å². The summed E-state index contributed by atoms with van der Waals surface area (Å²) >= 11 is 0. The summed E-state index contributed by atoms with van der Waals surface area (Å²) in [7, 11) is 0. The second-order valence-corrected chi connectivity index (χ2v) is 4.75. The average molecular weight is 186 g/mol. The Kier molecular flexibility index (Phi) is 1.84. The molecule has 1 aliphatic carbocycles. The molecule has 0 aromatic heterocycles. The van der Waals surface area contributed by atoms with Gasteiger partial charge in [-0.25, -0.2) is 0 Å². The third kappa shape index (κ3) is 1.39. The van der Waals surface area contributed by atoms with Gasteiger partial charge in [0, 0.05) is 5.56 Å². The fourth-order valence-corrected chi connectivity index (χ4v) is 1.64. The largest absolute Gasteiger partial charge is 0.289 e. The number of carbonyl (C=O) groups excluding carboxylic acids is 1. The van der Waals surface area contributed by atoms with E-state index in [2.05, 4.69) is 26.8 Å². The molecule has 0 N–H and O–H groups in total. The second-order valence-electron chi connectivity index (χ2n) is 4.75. The Morgan fingerprint density at radius 3 is 2.43 bits per heavy atom. The van der Waals surface area contributed by atoms with Crippen molar-refractivity contribution in [3.63, 3.8) is 0 Å². The van der Waals surface area contributed by atoms with Crippen LogP contribution in [-0.2, 0) is 5.41 Å². The van der Waals surface area contributed by atoms with Gasteiger partial charge in [-0.2, -0.15) is 0 Å². The molecule has 0 radical (unpaired) electrons. The molecule has 0 heterocycles. The molecule has 2 rings (SSSR count). The number of carbonyl (C=O) groups is 1. The van der Waals surface area contributed by atoms with Crippen LogP contribution in [0.25, 0.3) is 6.08 Å². The molecule has 0 fully saturated rings. The number of fused-ring (bicyclic) bond motifs is 1. The molecule has 0 bridgehead atoms. The lowest BCUT2D eigenvalue weighted by atomic mass is 9.85. The fourth-order valence-electron chi connectivity index (χ4n) is 1.64. The highest BCUT2D eigenvalue weighted by atomic mass is 16.1. The van der Waals surface area contributed by atoms with Gasteiger partial charge in [0.15, 0.2) is 5.78 Å². The Morgan fingerprint density at radius 2 is 1.79 bits per heavy atom. The van der Waals surface area contributed by atoms with Gasteiger partial charge >= 0.3 is 0 Å². The van der Waals surface area contributed by atoms with Crippen molar-refractivity contribution < 1.29 is 4.79 Å². The van der Waals surface area contributed by atoms with Gasteiger partial charge in [-0.15, -0.1) is 0 Å². The van der Waals surface area contributed by atoms with Crippen LogP contribution in [0.3, 0.4) is 0 Å². The first-order valence-electron chi connectivity index (χ1n) is 4.85. The molecule has 0 aliphatic heterocycles. The van der Waals surface area contributed by atoms with Crippen molar-refractivity contribution in [1.82, 2.24) is 0 Å². The van der Waals surface area contributed by atoms with Crippen LogP contribution >= 0.6 is 0 Å². The minimum absolute atomic E-state index is 0.109. The van der Waals surface area contributed by atoms with Gasteiger partial charge in [0.1, 0.15) is 0 Å². The van der Waals surface area contributed by atoms with Crippen molar-refractivity contribution in [3.8, 4) is 0 Å². The van der Waals surface area contributed by atoms with E-state index in [9.17, 15) is 4.79 Å². The number of allylic oxidation sites excluding steroid dienone is 1. The predicted molar refractivity (Wildman–Crippen MR) is 58.5 cm³/mol. The minimum atomic E-state index is 0.109. The maximum Gasteiger partial charge on any atom is 0.186 e. The first kappa shape index (κ1) is 9.20. The fraction of sp³-hybridized carbons (Fsp3) is 0.308. The molecule has 1 nitrogen and oxygen atoms in total. The van der Waals surface area contributed by atoms with Gasteiger partial charge in [0.2, 0.25) is 0 Å². The standard InChI is InChI=1S/C13H14O/c1-13(2,3)10-6-4-9-5-7-12(14)11(9)8-10/h4-8H,1-3H3. The van der Waals surface area contributed by atoms with Crippen LogP contribution in [0, 0.1) is 0 Å². The molecule has 0 saturated heterocycles. The van der Waals surface area contributed by atoms with Crippen molar-refractivity contribution in [3.05, 3.63) is 41.0 Å². The third-order valence-electron chi connectivity index (χ3n) is 2.60. The number of hydrogen-bond acceptors (Lipinski definition) is 1. The summed E-state index contributed by atoms with van der Waals surface area (Å²) in [5.41, 5.74) is 3.21. The molecule has 1 aliphatic rings. The number of benzene rings is 1. The molecule has 0 spiro atoms. The summed E-state index contributed by atoms with van der Waals surface area (Å²) in [4.78, 5) is 11.5. The lowest BCUT2D eigenvalue weighted by Gasteiger charge is -2.19. The van der Waals surface area contributed by atoms with E-state index in [4.69, 9.17) is 0 Å². The van der Waals surface area contributed by atoms with E-state index < -0.39 is 0 Å². The molecule has 0 atom stereocenters. The average Bonchev–Trinajstić information content (AvgIpc) is 2.46. The van der Waals surface area contributed by atoms with Crippen molar-refractivity contribution in [2.24, 2.45) is 0 Å². The summed E-state index contributed by atoms with van der Waals surface area (Å²) in [6.07, 6.45) is 3.52. The monoisotopic (exact) mass is 186 g/mol. The van der Waals surface area contributed by atoms with E-state index in [0.717, 1.165) is 11.1 Å². The molecule has 1 heteroatoms. The van der Waals surface area contributed by atoms with Crippen molar-refractivity contribution >= 4 is 11.9 Å². The maximum absolute atomic E-state index is 11.5. The van der Waals surface area contributed by atoms with Crippen LogP contribution in [0.1, 0.15) is 42.3 Å². The van der Waals surface area contributed by atoms with Gasteiger partial charge < -0.3 is 0 Å². The Hall–Kier alpha value is -1.37. The van der Waals surface area contributed by atoms with Crippen LogP contribution < -0.4 is 0 Å². The highest BCUT2D eigenvalue weighted by molar-refractivity contribution is 6.13. The normalized spacial score (nSPS) is 14.6. The zero-order valence-electron chi connectivity index (χ0n) is 8.79. The van der Waals surface area contributed by atoms with E-state index in [1.165, 1.54) is 5.56 Å². The Balaban J connectivity index is 2.53. The molecule has 0 saturated carbocycles. The van der Waals surface area contributed by atoms with Crippen LogP contribution in [-0.4, -0.2) is 5.78 Å². The van der Waals surface area contributed by atoms with Crippen LogP contribution in [0.2, 0.25) is 0 Å². The Bertz CT molecular complexity index is 419. The number of hydrogen-bond donors (Lipinski definition) is 0. The lowest BCUT2D eigenvalue weighted by molar-refractivity contribution is 0.105. The SMILES string of the molecule is CC(C)(C)c1ccc2c(c1)C(=O)C=C2. The van der Waals surface area contributed by atoms with Crippen molar-refractivity contribution in [2.75, 3.05) is 0 Å². The van der Waals surface area contributed by atoms with Crippen molar-refractivity contribution in [2.45, 2.75) is 26.2 Å². The molecule has 72 valence electrons. The summed E-state index contributed by atoms with van der Waals surface area (Å²) in [5.74, 6) is 0.131. The molecule has 1 aromatic rings. The molecule has 14 heavy (non-hydrogen) atoms. The first-order valence-corrected chi connectivity index (χ1v) is 4.85. The minimum Gasteiger partial charge on any atom is -0.289 e. The van der Waals surface area contributed by atoms with Gasteiger partial charge in [-0.1, -0.05) is 39.0 Å². The maximum atomic E-state index is 11.5. The van der Waals surface area contributed by atoms with Gasteiger partial charge in [0.25, 0.3) is 0 Å². The van der Waals surface area contributed by atoms with Crippen LogP contribution in [0.4, 0.5) is 0 Å². The number of ketones is 1. The Morgan fingerprint density at radius 1 is 1.07 bits per heavy atom. The Labute approximate surface area is 84.5 Å². The van der Waals surface area contributed by atoms with E-state index in [1.54, 1.807) is 6.08 Å². The second kappa shape index (κ2) is 2.81. The van der Waals surface area contributed by atoms with E-state index >= 15 is 0 Å². The van der Waals surface area contributed by atoms with E-state index in [-0.39, 0.29) is 11.2 Å². The summed E-state index contributed by atoms with van der Waals surface area (Å²) in [6.45, 7) is 6.46. The van der Waals surface area contributed by atoms with Gasteiger partial charge in [0.05, 0.1) is 0 Å². The van der Waals surface area contributed by atoms with Crippen LogP contribution in [0.5, 0.6) is 0 Å². The van der Waals surface area contributed by atoms with E-state index in [1.807, 2.05) is 18.2 Å². The predicted octanol–water partition coefficient (Wildman–Crippen LogP) is 3.19. The first-order chi connectivity index (χ1) is 6.48. The molecular weight excluding hydrogens is 172 g/mol. The molecule has 1 aromatic carbocycles. The smallest absolute Gasteiger partial charge is 0.186 e. The molecular formula is C13H14O. The third-order valence-corrected chi connectivity index (χ3v) is 2.60. The van der Waals surface area contributed by atoms with Gasteiger partial charge in [-0.3, -0.25) is 4.79 Å². The van der Waals surface area contributed by atoms with Crippen LogP contribution in [0.15, 0.2) is 24.3 Å². The van der Waals surface area contributed by atoms with Crippen molar-refractivity contribution in [1.29, 1.82) is 0 Å². The highest BCUT2D eigenvalue weighted by Crippen LogP contribution is 2.27. The number of rotatable bonds is 0. The topological polar surface area (TPSA) is 17.1 Å². The summed E-state index contributed by atoms with van der Waals surface area (Å²) in [5, 5.41) is 0. The quantitative estimate of drug-likeness (QED) is 0.608. The zero-order chi connectivity index (χ0) is 10.3. The molecule has 0 amide bonds.